The van der Waals surface area contributed by atoms with E-state index in [1.807, 2.05) is 7.11 Å². The summed E-state index contributed by atoms with van der Waals surface area (Å²) in [6.07, 6.45) is 49.5. The van der Waals surface area contributed by atoms with Crippen LogP contribution in [-0.4, -0.2) is 25.9 Å². The first kappa shape index (κ1) is 37.4. The molecule has 0 radical (unpaired) electrons. The highest BCUT2D eigenvalue weighted by molar-refractivity contribution is 5.06. The van der Waals surface area contributed by atoms with Crippen molar-refractivity contribution in [3.05, 3.63) is 36.5 Å². The molecule has 5 unspecified atom stereocenters. The Labute approximate surface area is 292 Å². The zero-order valence-corrected chi connectivity index (χ0v) is 31.3. The lowest BCUT2D eigenvalue weighted by atomic mass is 9.69. The summed E-state index contributed by atoms with van der Waals surface area (Å²) in [7, 11) is 1.96. The van der Waals surface area contributed by atoms with Gasteiger partial charge in [-0.05, 0) is 138 Å². The average molecular weight is 649 g/mol. The molecule has 0 aromatic rings. The molecule has 0 aromatic heterocycles. The van der Waals surface area contributed by atoms with E-state index in [-0.39, 0.29) is 0 Å². The average Bonchev–Trinajstić information content (AvgIpc) is 3.14. The normalized spacial score (nSPS) is 36.1. The molecule has 5 rings (SSSR count). The van der Waals surface area contributed by atoms with Gasteiger partial charge >= 0.3 is 0 Å². The lowest BCUT2D eigenvalue weighted by Gasteiger charge is -2.40. The smallest absolute Gasteiger partial charge is 0.0645 e. The number of allylic oxidation sites excluding steroid dienone is 4. The van der Waals surface area contributed by atoms with Crippen molar-refractivity contribution in [1.29, 1.82) is 0 Å². The van der Waals surface area contributed by atoms with E-state index in [9.17, 15) is 0 Å². The quantitative estimate of drug-likeness (QED) is 0.165. The number of rotatable bonds is 15. The molecule has 0 N–H and O–H groups in total. The highest BCUT2D eigenvalue weighted by atomic mass is 16.5. The van der Waals surface area contributed by atoms with Crippen LogP contribution in [0.1, 0.15) is 168 Å². The van der Waals surface area contributed by atoms with E-state index < -0.39 is 0 Å². The zero-order chi connectivity index (χ0) is 32.7. The van der Waals surface area contributed by atoms with Crippen LogP contribution in [0.5, 0.6) is 0 Å². The van der Waals surface area contributed by atoms with Gasteiger partial charge in [0, 0.05) is 25.6 Å². The third-order valence-corrected chi connectivity index (χ3v) is 13.9. The van der Waals surface area contributed by atoms with Gasteiger partial charge in [0.15, 0.2) is 0 Å². The third kappa shape index (κ3) is 12.2. The zero-order valence-electron chi connectivity index (χ0n) is 31.3. The number of hydrogen-bond donors (Lipinski definition) is 0. The monoisotopic (exact) mass is 649 g/mol. The first-order chi connectivity index (χ1) is 23.1. The van der Waals surface area contributed by atoms with Crippen LogP contribution in [0.3, 0.4) is 0 Å². The summed E-state index contributed by atoms with van der Waals surface area (Å²) >= 11 is 0. The lowest BCUT2D eigenvalue weighted by molar-refractivity contribution is -0.0684. The summed E-state index contributed by atoms with van der Waals surface area (Å²) in [5, 5.41) is 0. The molecular formula is C45H76O2. The van der Waals surface area contributed by atoms with Crippen molar-refractivity contribution < 1.29 is 9.47 Å². The van der Waals surface area contributed by atoms with Crippen LogP contribution in [0.15, 0.2) is 36.5 Å². The summed E-state index contributed by atoms with van der Waals surface area (Å²) < 4.78 is 13.1. The molecule has 5 fully saturated rings. The molecule has 2 heteroatoms. The maximum atomic E-state index is 6.89. The molecule has 5 aliphatic carbocycles. The second kappa shape index (κ2) is 20.7. The topological polar surface area (TPSA) is 18.5 Å². The number of unbranched alkanes of at least 4 members (excludes halogenated alkanes) is 1. The molecule has 0 heterocycles. The van der Waals surface area contributed by atoms with Gasteiger partial charge in [0.1, 0.15) is 0 Å². The molecule has 268 valence electrons. The summed E-state index contributed by atoms with van der Waals surface area (Å²) in [4.78, 5) is 0. The molecule has 0 saturated heterocycles. The van der Waals surface area contributed by atoms with E-state index in [2.05, 4.69) is 50.3 Å². The van der Waals surface area contributed by atoms with Crippen molar-refractivity contribution in [3.63, 3.8) is 0 Å². The van der Waals surface area contributed by atoms with Gasteiger partial charge in [-0.2, -0.15) is 0 Å². The maximum Gasteiger partial charge on any atom is 0.0645 e. The van der Waals surface area contributed by atoms with Crippen LogP contribution < -0.4 is 0 Å². The Kier molecular flexibility index (Phi) is 16.5. The summed E-state index contributed by atoms with van der Waals surface area (Å²) in [5.74, 6) is 6.97. The van der Waals surface area contributed by atoms with E-state index in [1.54, 1.807) is 0 Å². The van der Waals surface area contributed by atoms with E-state index in [0.717, 1.165) is 55.0 Å². The maximum absolute atomic E-state index is 6.89. The number of ether oxygens (including phenoxy) is 2. The Morgan fingerprint density at radius 1 is 0.532 bits per heavy atom. The SMILES string of the molecule is CCCCC(CC)COC1CC(/C=C/C2CCC(C3CCC(/C=C/C4CCCCC4)CC3)CC2)C(OC)CC1/C=C/C1CCCCC1. The van der Waals surface area contributed by atoms with Gasteiger partial charge in [-0.3, -0.25) is 0 Å². The van der Waals surface area contributed by atoms with Gasteiger partial charge in [-0.15, -0.1) is 0 Å². The van der Waals surface area contributed by atoms with Gasteiger partial charge < -0.3 is 9.47 Å². The van der Waals surface area contributed by atoms with Crippen LogP contribution in [-0.2, 0) is 9.47 Å². The van der Waals surface area contributed by atoms with Gasteiger partial charge in [-0.25, -0.2) is 0 Å². The van der Waals surface area contributed by atoms with Crippen molar-refractivity contribution in [2.75, 3.05) is 13.7 Å². The van der Waals surface area contributed by atoms with Gasteiger partial charge in [0.2, 0.25) is 0 Å². The number of hydrogen-bond acceptors (Lipinski definition) is 2. The van der Waals surface area contributed by atoms with E-state index in [0.29, 0.717) is 30.0 Å². The molecule has 0 amide bonds. The second-order valence-electron chi connectivity index (χ2n) is 17.2. The Balaban J connectivity index is 1.10. The fourth-order valence-electron chi connectivity index (χ4n) is 10.4. The fourth-order valence-corrected chi connectivity index (χ4v) is 10.4. The summed E-state index contributed by atoms with van der Waals surface area (Å²) in [6, 6.07) is 0. The minimum absolute atomic E-state index is 0.313. The highest BCUT2D eigenvalue weighted by Crippen LogP contribution is 2.43. The number of methoxy groups -OCH3 is 1. The Morgan fingerprint density at radius 2 is 0.979 bits per heavy atom. The molecular weight excluding hydrogens is 572 g/mol. The highest BCUT2D eigenvalue weighted by Gasteiger charge is 2.37. The molecule has 5 atom stereocenters. The minimum Gasteiger partial charge on any atom is -0.381 e. The van der Waals surface area contributed by atoms with Crippen LogP contribution in [0, 0.1) is 53.3 Å². The van der Waals surface area contributed by atoms with Crippen LogP contribution >= 0.6 is 0 Å². The van der Waals surface area contributed by atoms with Crippen molar-refractivity contribution in [3.8, 4) is 0 Å². The predicted octanol–water partition coefficient (Wildman–Crippen LogP) is 13.1. The molecule has 0 aromatic carbocycles. The predicted molar refractivity (Wildman–Crippen MR) is 202 cm³/mol. The van der Waals surface area contributed by atoms with E-state index in [4.69, 9.17) is 9.47 Å². The Bertz CT molecular complexity index is 906. The van der Waals surface area contributed by atoms with Gasteiger partial charge in [0.25, 0.3) is 0 Å². The van der Waals surface area contributed by atoms with Crippen molar-refractivity contribution in [2.24, 2.45) is 53.3 Å². The van der Waals surface area contributed by atoms with Crippen molar-refractivity contribution in [1.82, 2.24) is 0 Å². The minimum atomic E-state index is 0.313. The fraction of sp³-hybridized carbons (Fsp3) is 0.867. The third-order valence-electron chi connectivity index (χ3n) is 13.9. The Morgan fingerprint density at radius 3 is 1.45 bits per heavy atom. The molecule has 0 aliphatic heterocycles. The van der Waals surface area contributed by atoms with Crippen molar-refractivity contribution >= 4 is 0 Å². The second-order valence-corrected chi connectivity index (χ2v) is 17.2. The lowest BCUT2D eigenvalue weighted by Crippen LogP contribution is -2.40. The van der Waals surface area contributed by atoms with Crippen molar-refractivity contribution in [2.45, 2.75) is 180 Å². The summed E-state index contributed by atoms with van der Waals surface area (Å²) in [5.41, 5.74) is 0. The van der Waals surface area contributed by atoms with Crippen LogP contribution in [0.25, 0.3) is 0 Å². The molecule has 5 aliphatic rings. The first-order valence-electron chi connectivity index (χ1n) is 21.3. The van der Waals surface area contributed by atoms with E-state index >= 15 is 0 Å². The Hall–Kier alpha value is -0.860. The molecule has 0 bridgehead atoms. The molecule has 2 nitrogen and oxygen atoms in total. The van der Waals surface area contributed by atoms with Crippen LogP contribution in [0.4, 0.5) is 0 Å². The standard InChI is InChI=1S/C45H76O2/c1-4-6-13-35(5-2)34-47-45-33-42(44(46-3)32-43(45)31-24-37-16-11-8-12-17-37)30-25-39-22-28-41(29-23-39)40-26-20-38(21-27-40)19-18-36-14-9-7-10-15-36/h18-19,24-25,30-31,35-45H,4-17,20-23,26-29,32-34H2,1-3H3/b19-18+,30-25+,31-24+. The molecule has 47 heavy (non-hydrogen) atoms. The molecule has 5 saturated carbocycles. The van der Waals surface area contributed by atoms with Crippen LogP contribution in [0.2, 0.25) is 0 Å². The largest absolute Gasteiger partial charge is 0.381 e. The summed E-state index contributed by atoms with van der Waals surface area (Å²) in [6.45, 7) is 5.61. The van der Waals surface area contributed by atoms with E-state index in [1.165, 1.54) is 141 Å². The van der Waals surface area contributed by atoms with Gasteiger partial charge in [0.05, 0.1) is 12.2 Å². The molecule has 0 spiro atoms. The first-order valence-corrected chi connectivity index (χ1v) is 21.3. The van der Waals surface area contributed by atoms with Gasteiger partial charge in [-0.1, -0.05) is 108 Å².